The number of rotatable bonds is 2. The minimum Gasteiger partial charge on any atom is -0.493 e. The van der Waals surface area contributed by atoms with E-state index in [0.29, 0.717) is 37.0 Å². The fraction of sp³-hybridized carbons (Fsp3) is 0.391. The van der Waals surface area contributed by atoms with Gasteiger partial charge in [-0.2, -0.15) is 13.2 Å². The third-order valence-electron chi connectivity index (χ3n) is 5.58. The molecule has 4 rings (SSSR count). The van der Waals surface area contributed by atoms with Crippen molar-refractivity contribution in [1.82, 2.24) is 10.3 Å². The number of carbonyl (C=O) groups excluding carboxylic acids is 1. The molecule has 2 aliphatic rings. The second-order valence-corrected chi connectivity index (χ2v) is 7.74. The lowest BCUT2D eigenvalue weighted by Crippen LogP contribution is -2.35. The molecule has 1 amide bonds. The number of nitrogens with one attached hydrogen (secondary N) is 1. The van der Waals surface area contributed by atoms with Crippen molar-refractivity contribution in [3.05, 3.63) is 65.0 Å². The van der Waals surface area contributed by atoms with Gasteiger partial charge in [-0.05, 0) is 61.4 Å². The maximum absolute atomic E-state index is 13.0. The van der Waals surface area contributed by atoms with Crippen molar-refractivity contribution >= 4 is 11.5 Å². The number of amides is 1. The minimum atomic E-state index is -4.43. The summed E-state index contributed by atoms with van der Waals surface area (Å²) in [7, 11) is 0. The van der Waals surface area contributed by atoms with Crippen LogP contribution in [-0.2, 0) is 23.8 Å². The number of aryl methyl sites for hydroxylation is 1. The molecule has 30 heavy (non-hydrogen) atoms. The van der Waals surface area contributed by atoms with Crippen LogP contribution in [0.2, 0.25) is 0 Å². The number of hydrogen-bond acceptors (Lipinski definition) is 3. The first-order chi connectivity index (χ1) is 14.4. The van der Waals surface area contributed by atoms with Gasteiger partial charge in [-0.15, -0.1) is 0 Å². The Hall–Kier alpha value is -2.83. The molecule has 2 aromatic rings. The third-order valence-corrected chi connectivity index (χ3v) is 5.58. The summed E-state index contributed by atoms with van der Waals surface area (Å²) in [6, 6.07) is 7.44. The molecule has 1 aliphatic heterocycles. The van der Waals surface area contributed by atoms with Crippen molar-refractivity contribution in [3.8, 4) is 5.75 Å². The minimum absolute atomic E-state index is 0.0143. The first-order valence-corrected chi connectivity index (χ1v) is 10.2. The van der Waals surface area contributed by atoms with Gasteiger partial charge in [-0.3, -0.25) is 9.78 Å². The van der Waals surface area contributed by atoms with E-state index in [1.165, 1.54) is 17.7 Å². The SMILES string of the molecule is O=C(C=C1CCCOc2cc(C(F)(F)F)ccc21)NC1CCCc2cccnc2C1. The van der Waals surface area contributed by atoms with Gasteiger partial charge in [-0.1, -0.05) is 12.1 Å². The average molecular weight is 416 g/mol. The number of hydrogen-bond donors (Lipinski definition) is 1. The van der Waals surface area contributed by atoms with E-state index in [1.807, 2.05) is 6.07 Å². The van der Waals surface area contributed by atoms with Crippen molar-refractivity contribution in [3.63, 3.8) is 0 Å². The van der Waals surface area contributed by atoms with Gasteiger partial charge in [-0.25, -0.2) is 0 Å². The van der Waals surface area contributed by atoms with Crippen LogP contribution in [0.15, 0.2) is 42.6 Å². The Morgan fingerprint density at radius 1 is 1.20 bits per heavy atom. The smallest absolute Gasteiger partial charge is 0.416 e. The highest BCUT2D eigenvalue weighted by Gasteiger charge is 2.32. The second kappa shape index (κ2) is 8.50. The summed E-state index contributed by atoms with van der Waals surface area (Å²) in [4.78, 5) is 17.2. The third kappa shape index (κ3) is 4.66. The van der Waals surface area contributed by atoms with E-state index in [-0.39, 0.29) is 17.7 Å². The average Bonchev–Trinajstić information content (AvgIpc) is 3.02. The standard InChI is InChI=1S/C23H23F3N2O2/c24-23(25,26)17-8-9-19-16(6-3-11-30-21(19)13-17)12-22(29)28-18-7-1-4-15-5-2-10-27-20(15)14-18/h2,5,8-10,12-13,18H,1,3-4,6-7,11,14H2,(H,28,29). The van der Waals surface area contributed by atoms with Gasteiger partial charge < -0.3 is 10.1 Å². The highest BCUT2D eigenvalue weighted by Crippen LogP contribution is 2.38. The maximum atomic E-state index is 13.0. The number of pyridine rings is 1. The zero-order chi connectivity index (χ0) is 21.1. The molecule has 0 bridgehead atoms. The number of halogens is 3. The summed E-state index contributed by atoms with van der Waals surface area (Å²) < 4.78 is 44.6. The van der Waals surface area contributed by atoms with Crippen LogP contribution in [0, 0.1) is 0 Å². The van der Waals surface area contributed by atoms with Gasteiger partial charge in [0.2, 0.25) is 5.91 Å². The number of allylic oxidation sites excluding steroid dienone is 1. The normalized spacial score (nSPS) is 20.4. The van der Waals surface area contributed by atoms with E-state index < -0.39 is 11.7 Å². The van der Waals surface area contributed by atoms with E-state index in [0.717, 1.165) is 37.1 Å². The van der Waals surface area contributed by atoms with Crippen LogP contribution in [0.3, 0.4) is 0 Å². The molecule has 1 atom stereocenters. The number of carbonyl (C=O) groups is 1. The van der Waals surface area contributed by atoms with Crippen LogP contribution in [-0.4, -0.2) is 23.5 Å². The maximum Gasteiger partial charge on any atom is 0.416 e. The van der Waals surface area contributed by atoms with Crippen molar-refractivity contribution in [2.75, 3.05) is 6.61 Å². The lowest BCUT2D eigenvalue weighted by Gasteiger charge is -2.16. The molecule has 1 aromatic carbocycles. The molecule has 158 valence electrons. The Bertz CT molecular complexity index is 969. The summed E-state index contributed by atoms with van der Waals surface area (Å²) in [5, 5.41) is 3.06. The van der Waals surface area contributed by atoms with Crippen LogP contribution >= 0.6 is 0 Å². The molecule has 1 aliphatic carbocycles. The Balaban J connectivity index is 1.52. The zero-order valence-corrected chi connectivity index (χ0v) is 16.5. The van der Waals surface area contributed by atoms with Gasteiger partial charge in [0.1, 0.15) is 5.75 Å². The Kier molecular flexibility index (Phi) is 5.79. The number of aromatic nitrogens is 1. The molecule has 1 aromatic heterocycles. The predicted octanol–water partition coefficient (Wildman–Crippen LogP) is 4.72. The molecular formula is C23H23F3N2O2. The van der Waals surface area contributed by atoms with Crippen molar-refractivity contribution < 1.29 is 22.7 Å². The summed E-state index contributed by atoms with van der Waals surface area (Å²) in [5.41, 5.74) is 2.73. The van der Waals surface area contributed by atoms with E-state index in [1.54, 1.807) is 6.20 Å². The number of nitrogens with zero attached hydrogens (tertiary/aromatic N) is 1. The summed E-state index contributed by atoms with van der Waals surface area (Å²) >= 11 is 0. The summed E-state index contributed by atoms with van der Waals surface area (Å²) in [5.74, 6) is -0.0592. The molecule has 0 saturated carbocycles. The van der Waals surface area contributed by atoms with E-state index in [4.69, 9.17) is 4.74 Å². The summed E-state index contributed by atoms with van der Waals surface area (Å²) in [6.07, 6.45) is 3.50. The van der Waals surface area contributed by atoms with Crippen LogP contribution in [0.1, 0.15) is 48.1 Å². The lowest BCUT2D eigenvalue weighted by molar-refractivity contribution is -0.137. The van der Waals surface area contributed by atoms with Crippen LogP contribution < -0.4 is 10.1 Å². The van der Waals surface area contributed by atoms with Gasteiger partial charge in [0.15, 0.2) is 0 Å². The van der Waals surface area contributed by atoms with Gasteiger partial charge >= 0.3 is 6.18 Å². The highest BCUT2D eigenvalue weighted by atomic mass is 19.4. The largest absolute Gasteiger partial charge is 0.493 e. The Morgan fingerprint density at radius 3 is 2.90 bits per heavy atom. The predicted molar refractivity (Wildman–Crippen MR) is 107 cm³/mol. The molecule has 0 radical (unpaired) electrons. The summed E-state index contributed by atoms with van der Waals surface area (Å²) in [6.45, 7) is 0.318. The van der Waals surface area contributed by atoms with Crippen molar-refractivity contribution in [2.45, 2.75) is 50.7 Å². The van der Waals surface area contributed by atoms with Gasteiger partial charge in [0.25, 0.3) is 0 Å². The fourth-order valence-electron chi connectivity index (χ4n) is 4.09. The number of benzene rings is 1. The first-order valence-electron chi connectivity index (χ1n) is 10.2. The van der Waals surface area contributed by atoms with Gasteiger partial charge in [0.05, 0.1) is 12.2 Å². The van der Waals surface area contributed by atoms with Crippen molar-refractivity contribution in [2.24, 2.45) is 0 Å². The second-order valence-electron chi connectivity index (χ2n) is 7.74. The van der Waals surface area contributed by atoms with Crippen LogP contribution in [0.25, 0.3) is 5.57 Å². The van der Waals surface area contributed by atoms with E-state index in [9.17, 15) is 18.0 Å². The van der Waals surface area contributed by atoms with Crippen LogP contribution in [0.4, 0.5) is 13.2 Å². The molecule has 0 spiro atoms. The molecule has 2 heterocycles. The molecule has 1 N–H and O–H groups in total. The van der Waals surface area contributed by atoms with Crippen molar-refractivity contribution in [1.29, 1.82) is 0 Å². The van der Waals surface area contributed by atoms with Crippen LogP contribution in [0.5, 0.6) is 5.75 Å². The monoisotopic (exact) mass is 416 g/mol. The first kappa shape index (κ1) is 20.4. The fourth-order valence-corrected chi connectivity index (χ4v) is 4.09. The topological polar surface area (TPSA) is 51.2 Å². The molecule has 7 heteroatoms. The molecular weight excluding hydrogens is 393 g/mol. The molecule has 1 unspecified atom stereocenters. The van der Waals surface area contributed by atoms with Gasteiger partial charge in [0, 0.05) is 36.0 Å². The zero-order valence-electron chi connectivity index (χ0n) is 16.5. The Morgan fingerprint density at radius 2 is 2.07 bits per heavy atom. The quantitative estimate of drug-likeness (QED) is 0.569. The van der Waals surface area contributed by atoms with E-state index in [2.05, 4.69) is 16.4 Å². The molecule has 0 saturated heterocycles. The Labute approximate surface area is 173 Å². The number of alkyl halides is 3. The molecule has 4 nitrogen and oxygen atoms in total. The van der Waals surface area contributed by atoms with E-state index >= 15 is 0 Å². The highest BCUT2D eigenvalue weighted by molar-refractivity contribution is 5.96. The lowest BCUT2D eigenvalue weighted by atomic mass is 9.98. The molecule has 0 fully saturated rings. The number of fused-ring (bicyclic) bond motifs is 2. The number of ether oxygens (including phenoxy) is 1.